The van der Waals surface area contributed by atoms with Crippen LogP contribution >= 0.6 is 0 Å². The molecular weight excluding hydrogens is 392 g/mol. The number of rotatable bonds is 6. The number of benzene rings is 2. The van der Waals surface area contributed by atoms with Crippen LogP contribution in [0, 0.1) is 0 Å². The Bertz CT molecular complexity index is 934. The zero-order valence-electron chi connectivity index (χ0n) is 17.6. The molecule has 0 aliphatic carbocycles. The number of nitrogens with one attached hydrogen (secondary N) is 2. The van der Waals surface area contributed by atoms with Crippen LogP contribution in [0.25, 0.3) is 0 Å². The zero-order valence-corrected chi connectivity index (χ0v) is 17.6. The second-order valence-electron chi connectivity index (χ2n) is 8.11. The monoisotopic (exact) mass is 420 g/mol. The van der Waals surface area contributed by atoms with Crippen LogP contribution in [0.2, 0.25) is 0 Å². The third-order valence-electron chi connectivity index (χ3n) is 5.76. The molecule has 2 aliphatic rings. The first kappa shape index (κ1) is 21.1. The van der Waals surface area contributed by atoms with E-state index in [0.717, 1.165) is 44.6 Å². The van der Waals surface area contributed by atoms with Crippen LogP contribution in [0.15, 0.2) is 48.5 Å². The minimum absolute atomic E-state index is 0.0183. The number of hydrogen-bond donors (Lipinski definition) is 2. The number of piperidine rings is 1. The topological polar surface area (TPSA) is 81.8 Å². The molecular formula is C24H28N4O3. The average molecular weight is 421 g/mol. The third kappa shape index (κ3) is 5.49. The molecule has 0 aromatic heterocycles. The minimum atomic E-state index is -0.221. The van der Waals surface area contributed by atoms with E-state index in [2.05, 4.69) is 15.5 Å². The van der Waals surface area contributed by atoms with Gasteiger partial charge in [-0.25, -0.2) is 0 Å². The van der Waals surface area contributed by atoms with Crippen LogP contribution in [-0.2, 0) is 9.59 Å². The summed E-state index contributed by atoms with van der Waals surface area (Å²) in [6.45, 7) is 3.10. The summed E-state index contributed by atoms with van der Waals surface area (Å²) in [6.07, 6.45) is 5.00. The fourth-order valence-corrected chi connectivity index (χ4v) is 4.08. The van der Waals surface area contributed by atoms with Gasteiger partial charge in [0.2, 0.25) is 11.8 Å². The highest BCUT2D eigenvalue weighted by atomic mass is 16.2. The van der Waals surface area contributed by atoms with Crippen molar-refractivity contribution < 1.29 is 14.4 Å². The summed E-state index contributed by atoms with van der Waals surface area (Å²) in [5.41, 5.74) is 2.70. The molecule has 2 fully saturated rings. The van der Waals surface area contributed by atoms with Gasteiger partial charge in [-0.2, -0.15) is 0 Å². The predicted molar refractivity (Wildman–Crippen MR) is 121 cm³/mol. The molecule has 2 aromatic rings. The van der Waals surface area contributed by atoms with Crippen LogP contribution in [0.1, 0.15) is 42.5 Å². The molecule has 0 bridgehead atoms. The normalized spacial score (nSPS) is 16.9. The van der Waals surface area contributed by atoms with Gasteiger partial charge in [0.1, 0.15) is 0 Å². The number of nitrogens with zero attached hydrogens (tertiary/aromatic N) is 2. The summed E-state index contributed by atoms with van der Waals surface area (Å²) in [7, 11) is 0. The smallest absolute Gasteiger partial charge is 0.255 e. The van der Waals surface area contributed by atoms with Crippen LogP contribution in [-0.4, -0.2) is 48.8 Å². The third-order valence-corrected chi connectivity index (χ3v) is 5.76. The molecule has 2 heterocycles. The molecule has 162 valence electrons. The molecule has 0 atom stereocenters. The molecule has 7 heteroatoms. The molecule has 0 spiro atoms. The molecule has 4 rings (SSSR count). The maximum absolute atomic E-state index is 12.5. The molecule has 2 aromatic carbocycles. The first-order chi connectivity index (χ1) is 15.1. The van der Waals surface area contributed by atoms with Crippen LogP contribution < -0.4 is 15.5 Å². The summed E-state index contributed by atoms with van der Waals surface area (Å²) in [4.78, 5) is 40.5. The van der Waals surface area contributed by atoms with Crippen molar-refractivity contribution in [2.45, 2.75) is 32.1 Å². The number of anilines is 3. The Hall–Kier alpha value is -3.19. The van der Waals surface area contributed by atoms with Crippen molar-refractivity contribution in [2.75, 3.05) is 41.7 Å². The lowest BCUT2D eigenvalue weighted by Crippen LogP contribution is -2.36. The Morgan fingerprint density at radius 2 is 1.42 bits per heavy atom. The van der Waals surface area contributed by atoms with E-state index in [9.17, 15) is 14.4 Å². The van der Waals surface area contributed by atoms with Gasteiger partial charge < -0.3 is 15.5 Å². The molecule has 2 saturated heterocycles. The summed E-state index contributed by atoms with van der Waals surface area (Å²) < 4.78 is 0. The van der Waals surface area contributed by atoms with Gasteiger partial charge in [0, 0.05) is 35.6 Å². The lowest BCUT2D eigenvalue weighted by molar-refractivity contribution is -0.118. The van der Waals surface area contributed by atoms with Gasteiger partial charge in [0.15, 0.2) is 0 Å². The highest BCUT2D eigenvalue weighted by Crippen LogP contribution is 2.22. The Kier molecular flexibility index (Phi) is 6.62. The van der Waals surface area contributed by atoms with Crippen molar-refractivity contribution in [3.05, 3.63) is 54.1 Å². The van der Waals surface area contributed by atoms with Gasteiger partial charge in [-0.3, -0.25) is 19.3 Å². The number of hydrogen-bond acceptors (Lipinski definition) is 4. The number of carbonyl (C=O) groups excluding carboxylic acids is 3. The minimum Gasteiger partial charge on any atom is -0.325 e. The maximum Gasteiger partial charge on any atom is 0.255 e. The van der Waals surface area contributed by atoms with E-state index in [1.807, 2.05) is 0 Å². The lowest BCUT2D eigenvalue weighted by atomic mass is 10.1. The van der Waals surface area contributed by atoms with Gasteiger partial charge in [0.05, 0.1) is 6.54 Å². The fourth-order valence-electron chi connectivity index (χ4n) is 4.08. The largest absolute Gasteiger partial charge is 0.325 e. The fraction of sp³-hybridized carbons (Fsp3) is 0.375. The van der Waals surface area contributed by atoms with E-state index < -0.39 is 0 Å². The molecule has 3 amide bonds. The zero-order chi connectivity index (χ0) is 21.6. The number of amides is 3. The van der Waals surface area contributed by atoms with E-state index in [0.29, 0.717) is 29.9 Å². The average Bonchev–Trinajstić information content (AvgIpc) is 3.21. The van der Waals surface area contributed by atoms with Crippen LogP contribution in [0.3, 0.4) is 0 Å². The van der Waals surface area contributed by atoms with Crippen molar-refractivity contribution in [3.8, 4) is 0 Å². The van der Waals surface area contributed by atoms with Crippen molar-refractivity contribution >= 4 is 34.8 Å². The number of carbonyl (C=O) groups is 3. The van der Waals surface area contributed by atoms with Gasteiger partial charge in [-0.1, -0.05) is 6.42 Å². The lowest BCUT2D eigenvalue weighted by Gasteiger charge is -2.25. The molecule has 7 nitrogen and oxygen atoms in total. The van der Waals surface area contributed by atoms with Crippen molar-refractivity contribution in [1.82, 2.24) is 4.90 Å². The highest BCUT2D eigenvalue weighted by molar-refractivity contribution is 6.05. The Labute approximate surface area is 182 Å². The quantitative estimate of drug-likeness (QED) is 0.750. The van der Waals surface area contributed by atoms with Gasteiger partial charge in [0.25, 0.3) is 5.91 Å². The highest BCUT2D eigenvalue weighted by Gasteiger charge is 2.21. The van der Waals surface area contributed by atoms with Crippen molar-refractivity contribution in [2.24, 2.45) is 0 Å². The molecule has 0 saturated carbocycles. The molecule has 2 N–H and O–H groups in total. The van der Waals surface area contributed by atoms with Crippen LogP contribution in [0.4, 0.5) is 17.1 Å². The first-order valence-electron chi connectivity index (χ1n) is 10.9. The Morgan fingerprint density at radius 1 is 0.774 bits per heavy atom. The summed E-state index contributed by atoms with van der Waals surface area (Å²) in [6, 6.07) is 14.2. The second kappa shape index (κ2) is 9.75. The predicted octanol–water partition coefficient (Wildman–Crippen LogP) is 3.49. The first-order valence-corrected chi connectivity index (χ1v) is 10.9. The molecule has 0 unspecified atom stereocenters. The van der Waals surface area contributed by atoms with Gasteiger partial charge in [-0.05, 0) is 80.9 Å². The standard InChI is InChI=1S/C24H28N4O3/c29-22(17-27-14-2-1-3-15-27)25-19-8-10-20(11-9-19)26-24(31)18-6-12-21(13-7-18)28-16-4-5-23(28)30/h6-13H,1-5,14-17H2,(H,25,29)(H,26,31). The summed E-state index contributed by atoms with van der Waals surface area (Å²) >= 11 is 0. The molecule has 31 heavy (non-hydrogen) atoms. The summed E-state index contributed by atoms with van der Waals surface area (Å²) in [5.74, 6) is -0.114. The Morgan fingerprint density at radius 3 is 2.03 bits per heavy atom. The van der Waals surface area contributed by atoms with E-state index in [1.54, 1.807) is 53.4 Å². The van der Waals surface area contributed by atoms with Crippen LogP contribution in [0.5, 0.6) is 0 Å². The molecule has 2 aliphatic heterocycles. The van der Waals surface area contributed by atoms with Gasteiger partial charge >= 0.3 is 0 Å². The van der Waals surface area contributed by atoms with E-state index in [1.165, 1.54) is 6.42 Å². The van der Waals surface area contributed by atoms with Crippen molar-refractivity contribution in [3.63, 3.8) is 0 Å². The number of likely N-dealkylation sites (tertiary alicyclic amines) is 1. The maximum atomic E-state index is 12.5. The molecule has 0 radical (unpaired) electrons. The summed E-state index contributed by atoms with van der Waals surface area (Å²) in [5, 5.41) is 5.77. The van der Waals surface area contributed by atoms with Crippen molar-refractivity contribution in [1.29, 1.82) is 0 Å². The van der Waals surface area contributed by atoms with E-state index >= 15 is 0 Å². The Balaban J connectivity index is 1.29. The van der Waals surface area contributed by atoms with Gasteiger partial charge in [-0.15, -0.1) is 0 Å². The van der Waals surface area contributed by atoms with E-state index in [-0.39, 0.29) is 17.7 Å². The van der Waals surface area contributed by atoms with E-state index in [4.69, 9.17) is 0 Å². The SMILES string of the molecule is O=C(CN1CCCCC1)Nc1ccc(NC(=O)c2ccc(N3CCCC3=O)cc2)cc1. The second-order valence-corrected chi connectivity index (χ2v) is 8.11.